The summed E-state index contributed by atoms with van der Waals surface area (Å²) in [6.45, 7) is 3.59. The highest BCUT2D eigenvalue weighted by atomic mass is 79.9. The van der Waals surface area contributed by atoms with E-state index < -0.39 is 11.4 Å². The molecule has 0 bridgehead atoms. The van der Waals surface area contributed by atoms with E-state index in [9.17, 15) is 9.90 Å². The van der Waals surface area contributed by atoms with Crippen LogP contribution < -0.4 is 0 Å². The predicted octanol–water partition coefficient (Wildman–Crippen LogP) is 2.91. The van der Waals surface area contributed by atoms with E-state index in [0.29, 0.717) is 10.0 Å². The fourth-order valence-corrected chi connectivity index (χ4v) is 1.90. The Morgan fingerprint density at radius 1 is 1.47 bits per heavy atom. The number of para-hydroxylation sites is 1. The van der Waals surface area contributed by atoms with E-state index in [0.717, 1.165) is 0 Å². The van der Waals surface area contributed by atoms with Crippen LogP contribution in [0.4, 0.5) is 0 Å². The first-order valence-electron chi connectivity index (χ1n) is 4.54. The number of benzene rings is 1. The maximum atomic E-state index is 10.7. The Labute approximate surface area is 96.9 Å². The topological polar surface area (TPSA) is 57.5 Å². The van der Waals surface area contributed by atoms with Crippen LogP contribution in [0.3, 0.4) is 0 Å². The molecule has 82 valence electrons. The van der Waals surface area contributed by atoms with E-state index in [2.05, 4.69) is 15.9 Å². The van der Waals surface area contributed by atoms with Gasteiger partial charge in [-0.3, -0.25) is 4.79 Å². The van der Waals surface area contributed by atoms with Gasteiger partial charge in [0.25, 0.3) is 0 Å². The Morgan fingerprint density at radius 3 is 2.60 bits per heavy atom. The lowest BCUT2D eigenvalue weighted by molar-refractivity contribution is -0.138. The summed E-state index contributed by atoms with van der Waals surface area (Å²) in [6.07, 6.45) is -0.0169. The zero-order valence-electron chi connectivity index (χ0n) is 8.62. The summed E-state index contributed by atoms with van der Waals surface area (Å²) >= 11 is 3.21. The molecule has 0 atom stereocenters. The number of carbonyl (C=O) groups is 1. The first kappa shape index (κ1) is 12.0. The van der Waals surface area contributed by atoms with Crippen molar-refractivity contribution in [3.63, 3.8) is 0 Å². The molecule has 0 radical (unpaired) electrons. The summed E-state index contributed by atoms with van der Waals surface area (Å²) in [5.74, 6) is -0.761. The fourth-order valence-electron chi connectivity index (χ4n) is 1.53. The highest BCUT2D eigenvalue weighted by Crippen LogP contribution is 2.37. The number of hydrogen-bond donors (Lipinski definition) is 2. The molecule has 0 aromatic heterocycles. The third kappa shape index (κ3) is 2.72. The van der Waals surface area contributed by atoms with Crippen molar-refractivity contribution in [2.45, 2.75) is 25.7 Å². The standard InChI is InChI=1S/C11H13BrO3/c1-11(2,6-9(13)14)7-4-3-5-8(12)10(7)15/h3-5,15H,6H2,1-2H3,(H,13,14). The van der Waals surface area contributed by atoms with E-state index in [1.165, 1.54) is 0 Å². The highest BCUT2D eigenvalue weighted by molar-refractivity contribution is 9.10. The zero-order valence-corrected chi connectivity index (χ0v) is 10.2. The van der Waals surface area contributed by atoms with E-state index >= 15 is 0 Å². The number of phenolic OH excluding ortho intramolecular Hbond substituents is 1. The maximum absolute atomic E-state index is 10.7. The number of rotatable bonds is 3. The lowest BCUT2D eigenvalue weighted by Gasteiger charge is -2.24. The molecule has 0 saturated heterocycles. The Balaban J connectivity index is 3.14. The quantitative estimate of drug-likeness (QED) is 0.890. The number of phenols is 1. The molecule has 1 aromatic carbocycles. The molecule has 0 saturated carbocycles. The lowest BCUT2D eigenvalue weighted by Crippen LogP contribution is -2.21. The minimum absolute atomic E-state index is 0.0169. The van der Waals surface area contributed by atoms with Crippen LogP contribution >= 0.6 is 15.9 Å². The third-order valence-corrected chi connectivity index (χ3v) is 2.95. The lowest BCUT2D eigenvalue weighted by atomic mass is 9.81. The van der Waals surface area contributed by atoms with Gasteiger partial charge >= 0.3 is 5.97 Å². The number of carboxylic acids is 1. The molecule has 0 unspecified atom stereocenters. The van der Waals surface area contributed by atoms with Crippen LogP contribution in [-0.4, -0.2) is 16.2 Å². The van der Waals surface area contributed by atoms with E-state index in [1.54, 1.807) is 32.0 Å². The predicted molar refractivity (Wildman–Crippen MR) is 61.1 cm³/mol. The van der Waals surface area contributed by atoms with Crippen molar-refractivity contribution in [3.8, 4) is 5.75 Å². The van der Waals surface area contributed by atoms with Crippen molar-refractivity contribution in [1.29, 1.82) is 0 Å². The Kier molecular flexibility index (Phi) is 3.39. The van der Waals surface area contributed by atoms with Crippen LogP contribution in [0.2, 0.25) is 0 Å². The summed E-state index contributed by atoms with van der Waals surface area (Å²) in [5.41, 5.74) is 0.0546. The minimum atomic E-state index is -0.876. The molecule has 1 rings (SSSR count). The fraction of sp³-hybridized carbons (Fsp3) is 0.364. The van der Waals surface area contributed by atoms with Gasteiger partial charge in [0.05, 0.1) is 10.9 Å². The first-order valence-corrected chi connectivity index (χ1v) is 5.33. The highest BCUT2D eigenvalue weighted by Gasteiger charge is 2.27. The van der Waals surface area contributed by atoms with Gasteiger partial charge in [0.2, 0.25) is 0 Å². The first-order chi connectivity index (χ1) is 6.84. The van der Waals surface area contributed by atoms with Crippen molar-refractivity contribution in [2.24, 2.45) is 0 Å². The molecule has 0 heterocycles. The second kappa shape index (κ2) is 4.23. The number of hydrogen-bond acceptors (Lipinski definition) is 2. The Bertz CT molecular complexity index is 385. The molecule has 1 aromatic rings. The molecule has 0 aliphatic rings. The summed E-state index contributed by atoms with van der Waals surface area (Å²) in [6, 6.07) is 5.24. The minimum Gasteiger partial charge on any atom is -0.506 e. The number of aromatic hydroxyl groups is 1. The van der Waals surface area contributed by atoms with Gasteiger partial charge < -0.3 is 10.2 Å². The molecular formula is C11H13BrO3. The van der Waals surface area contributed by atoms with Crippen LogP contribution in [0, 0.1) is 0 Å². The molecule has 0 amide bonds. The monoisotopic (exact) mass is 272 g/mol. The van der Waals surface area contributed by atoms with Gasteiger partial charge in [-0.2, -0.15) is 0 Å². The van der Waals surface area contributed by atoms with Gasteiger partial charge in [-0.25, -0.2) is 0 Å². The number of carboxylic acid groups (broad SMARTS) is 1. The molecule has 0 spiro atoms. The molecule has 0 aliphatic carbocycles. The van der Waals surface area contributed by atoms with Crippen molar-refractivity contribution in [3.05, 3.63) is 28.2 Å². The molecule has 4 heteroatoms. The van der Waals surface area contributed by atoms with E-state index in [-0.39, 0.29) is 12.2 Å². The average molecular weight is 273 g/mol. The van der Waals surface area contributed by atoms with Crippen molar-refractivity contribution in [1.82, 2.24) is 0 Å². The van der Waals surface area contributed by atoms with Crippen LogP contribution in [-0.2, 0) is 10.2 Å². The largest absolute Gasteiger partial charge is 0.506 e. The smallest absolute Gasteiger partial charge is 0.304 e. The maximum Gasteiger partial charge on any atom is 0.304 e. The second-order valence-electron chi connectivity index (χ2n) is 4.09. The SMILES string of the molecule is CC(C)(CC(=O)O)c1cccc(Br)c1O. The van der Waals surface area contributed by atoms with Crippen molar-refractivity contribution >= 4 is 21.9 Å². The Hall–Kier alpha value is -1.03. The molecular weight excluding hydrogens is 260 g/mol. The summed E-state index contributed by atoms with van der Waals surface area (Å²) in [7, 11) is 0. The number of halogens is 1. The molecule has 0 fully saturated rings. The third-order valence-electron chi connectivity index (χ3n) is 2.31. The van der Waals surface area contributed by atoms with Crippen LogP contribution in [0.1, 0.15) is 25.8 Å². The van der Waals surface area contributed by atoms with Gasteiger partial charge in [-0.05, 0) is 22.0 Å². The zero-order chi connectivity index (χ0) is 11.6. The molecule has 15 heavy (non-hydrogen) atoms. The molecule has 2 N–H and O–H groups in total. The van der Waals surface area contributed by atoms with Crippen LogP contribution in [0.25, 0.3) is 0 Å². The van der Waals surface area contributed by atoms with Gasteiger partial charge in [0, 0.05) is 11.0 Å². The van der Waals surface area contributed by atoms with Crippen molar-refractivity contribution < 1.29 is 15.0 Å². The van der Waals surface area contributed by atoms with Crippen LogP contribution in [0.5, 0.6) is 5.75 Å². The van der Waals surface area contributed by atoms with Gasteiger partial charge in [0.1, 0.15) is 5.75 Å². The average Bonchev–Trinajstić information content (AvgIpc) is 2.07. The second-order valence-corrected chi connectivity index (χ2v) is 4.94. The molecule has 3 nitrogen and oxygen atoms in total. The van der Waals surface area contributed by atoms with Gasteiger partial charge in [0.15, 0.2) is 0 Å². The molecule has 0 aliphatic heterocycles. The van der Waals surface area contributed by atoms with E-state index in [4.69, 9.17) is 5.11 Å². The number of aliphatic carboxylic acids is 1. The normalized spacial score (nSPS) is 11.4. The van der Waals surface area contributed by atoms with E-state index in [1.807, 2.05) is 0 Å². The van der Waals surface area contributed by atoms with Crippen LogP contribution in [0.15, 0.2) is 22.7 Å². The summed E-state index contributed by atoms with van der Waals surface area (Å²) < 4.78 is 0.582. The van der Waals surface area contributed by atoms with Gasteiger partial charge in [-0.1, -0.05) is 26.0 Å². The van der Waals surface area contributed by atoms with Crippen molar-refractivity contribution in [2.75, 3.05) is 0 Å². The Morgan fingerprint density at radius 2 is 2.07 bits per heavy atom. The summed E-state index contributed by atoms with van der Waals surface area (Å²) in [4.78, 5) is 10.7. The summed E-state index contributed by atoms with van der Waals surface area (Å²) in [5, 5.41) is 18.6. The van der Waals surface area contributed by atoms with Gasteiger partial charge in [-0.15, -0.1) is 0 Å².